The molecule has 0 bridgehead atoms. The molecule has 1 aliphatic carbocycles. The summed E-state index contributed by atoms with van der Waals surface area (Å²) in [6.45, 7) is 0. The highest BCUT2D eigenvalue weighted by molar-refractivity contribution is 7.98. The van der Waals surface area contributed by atoms with Crippen LogP contribution in [0.1, 0.15) is 36.9 Å². The molecule has 0 radical (unpaired) electrons. The molecule has 1 aromatic heterocycles. The van der Waals surface area contributed by atoms with Gasteiger partial charge in [0.1, 0.15) is 5.69 Å². The minimum absolute atomic E-state index is 0.0899. The van der Waals surface area contributed by atoms with Crippen LogP contribution in [0.4, 0.5) is 0 Å². The van der Waals surface area contributed by atoms with Crippen LogP contribution in [0.15, 0.2) is 23.5 Å². The van der Waals surface area contributed by atoms with Crippen LogP contribution < -0.4 is 5.73 Å². The van der Waals surface area contributed by atoms with E-state index in [-0.39, 0.29) is 5.84 Å². The Bertz CT molecular complexity index is 416. The average Bonchev–Trinajstić information content (AvgIpc) is 2.92. The Morgan fingerprint density at radius 2 is 2.28 bits per heavy atom. The zero-order valence-corrected chi connectivity index (χ0v) is 11.2. The van der Waals surface area contributed by atoms with Crippen LogP contribution in [0.3, 0.4) is 0 Å². The maximum absolute atomic E-state index is 8.73. The molecule has 0 unspecified atom stereocenters. The first-order valence-corrected chi connectivity index (χ1v) is 7.46. The first kappa shape index (κ1) is 13.2. The fourth-order valence-electron chi connectivity index (χ4n) is 2.35. The number of rotatable bonds is 5. The standard InChI is InChI=1S/C13H19N3OS/c14-13(16-17)12-11(6-3-7-15-12)9-18-8-10-4-1-2-5-10/h3,6-7,10,17H,1-2,4-5,8-9H2,(H2,14,16). The van der Waals surface area contributed by atoms with Crippen molar-refractivity contribution >= 4 is 17.6 Å². The number of aromatic nitrogens is 1. The van der Waals surface area contributed by atoms with Crippen LogP contribution in [0.2, 0.25) is 0 Å². The first-order valence-electron chi connectivity index (χ1n) is 6.31. The van der Waals surface area contributed by atoms with Gasteiger partial charge in [0.05, 0.1) is 0 Å². The summed E-state index contributed by atoms with van der Waals surface area (Å²) in [5, 5.41) is 11.8. The molecule has 0 spiro atoms. The van der Waals surface area contributed by atoms with Gasteiger partial charge in [-0.25, -0.2) is 0 Å². The number of hydrogen-bond acceptors (Lipinski definition) is 4. The Hall–Kier alpha value is -1.23. The van der Waals surface area contributed by atoms with E-state index in [1.807, 2.05) is 23.9 Å². The predicted octanol–water partition coefficient (Wildman–Crippen LogP) is 2.60. The minimum Gasteiger partial charge on any atom is -0.409 e. The van der Waals surface area contributed by atoms with E-state index < -0.39 is 0 Å². The highest BCUT2D eigenvalue weighted by atomic mass is 32.2. The minimum atomic E-state index is 0.0899. The lowest BCUT2D eigenvalue weighted by atomic mass is 10.1. The van der Waals surface area contributed by atoms with Gasteiger partial charge in [-0.1, -0.05) is 24.1 Å². The lowest BCUT2D eigenvalue weighted by Crippen LogP contribution is -2.17. The van der Waals surface area contributed by atoms with Gasteiger partial charge in [0, 0.05) is 11.9 Å². The molecule has 4 nitrogen and oxygen atoms in total. The van der Waals surface area contributed by atoms with Crippen molar-refractivity contribution in [1.82, 2.24) is 4.98 Å². The molecule has 0 atom stereocenters. The summed E-state index contributed by atoms with van der Waals surface area (Å²) in [5.74, 6) is 3.03. The van der Waals surface area contributed by atoms with E-state index in [2.05, 4.69) is 10.1 Å². The zero-order valence-electron chi connectivity index (χ0n) is 10.4. The second-order valence-electron chi connectivity index (χ2n) is 4.66. The van der Waals surface area contributed by atoms with E-state index in [0.29, 0.717) is 5.69 Å². The van der Waals surface area contributed by atoms with Gasteiger partial charge < -0.3 is 10.9 Å². The van der Waals surface area contributed by atoms with E-state index in [9.17, 15) is 0 Å². The van der Waals surface area contributed by atoms with Crippen LogP contribution in [0.5, 0.6) is 0 Å². The average molecular weight is 265 g/mol. The van der Waals surface area contributed by atoms with Gasteiger partial charge in [0.25, 0.3) is 0 Å². The molecule has 0 aromatic carbocycles. The van der Waals surface area contributed by atoms with Crippen LogP contribution in [0, 0.1) is 5.92 Å². The second-order valence-corrected chi connectivity index (χ2v) is 5.69. The maximum atomic E-state index is 8.73. The Kier molecular flexibility index (Phi) is 4.87. The molecule has 1 aromatic rings. The molecule has 0 aliphatic heterocycles. The Labute approximate surface area is 112 Å². The van der Waals surface area contributed by atoms with E-state index in [0.717, 1.165) is 17.2 Å². The molecule has 18 heavy (non-hydrogen) atoms. The Morgan fingerprint density at radius 3 is 3.00 bits per heavy atom. The highest BCUT2D eigenvalue weighted by Gasteiger charge is 2.15. The van der Waals surface area contributed by atoms with E-state index >= 15 is 0 Å². The molecule has 0 saturated heterocycles. The SMILES string of the molecule is NC(=NO)c1ncccc1CSCC1CCCC1. The summed E-state index contributed by atoms with van der Waals surface area (Å²) >= 11 is 1.91. The van der Waals surface area contributed by atoms with Crippen LogP contribution in [-0.2, 0) is 5.75 Å². The summed E-state index contributed by atoms with van der Waals surface area (Å²) in [7, 11) is 0. The molecule has 5 heteroatoms. The van der Waals surface area contributed by atoms with E-state index in [1.54, 1.807) is 6.20 Å². The van der Waals surface area contributed by atoms with Gasteiger partial charge in [0.2, 0.25) is 0 Å². The molecule has 1 heterocycles. The second kappa shape index (κ2) is 6.64. The quantitative estimate of drug-likeness (QED) is 0.371. The van der Waals surface area contributed by atoms with Crippen molar-refractivity contribution in [2.45, 2.75) is 31.4 Å². The largest absolute Gasteiger partial charge is 0.409 e. The summed E-state index contributed by atoms with van der Waals surface area (Å²) < 4.78 is 0. The van der Waals surface area contributed by atoms with Crippen molar-refractivity contribution in [1.29, 1.82) is 0 Å². The number of thioether (sulfide) groups is 1. The summed E-state index contributed by atoms with van der Waals surface area (Å²) in [4.78, 5) is 4.17. The fraction of sp³-hybridized carbons (Fsp3) is 0.538. The first-order chi connectivity index (χ1) is 8.81. The monoisotopic (exact) mass is 265 g/mol. The number of nitrogens with zero attached hydrogens (tertiary/aromatic N) is 2. The third kappa shape index (κ3) is 3.38. The summed E-state index contributed by atoms with van der Waals surface area (Å²) in [6.07, 6.45) is 7.17. The van der Waals surface area contributed by atoms with Crippen molar-refractivity contribution in [2.24, 2.45) is 16.8 Å². The van der Waals surface area contributed by atoms with E-state index in [4.69, 9.17) is 10.9 Å². The number of pyridine rings is 1. The van der Waals surface area contributed by atoms with Gasteiger partial charge in [-0.05, 0) is 36.1 Å². The van der Waals surface area contributed by atoms with Gasteiger partial charge in [0.15, 0.2) is 5.84 Å². The molecule has 1 fully saturated rings. The molecule has 3 N–H and O–H groups in total. The Balaban J connectivity index is 1.92. The van der Waals surface area contributed by atoms with E-state index in [1.165, 1.54) is 31.4 Å². The molecule has 1 aliphatic rings. The topological polar surface area (TPSA) is 71.5 Å². The molecule has 98 valence electrons. The normalized spacial score (nSPS) is 17.2. The number of amidine groups is 1. The smallest absolute Gasteiger partial charge is 0.189 e. The molecule has 1 saturated carbocycles. The molecular weight excluding hydrogens is 246 g/mol. The summed E-state index contributed by atoms with van der Waals surface area (Å²) in [6, 6.07) is 3.88. The van der Waals surface area contributed by atoms with Gasteiger partial charge in [-0.15, -0.1) is 0 Å². The van der Waals surface area contributed by atoms with Gasteiger partial charge in [-0.3, -0.25) is 4.98 Å². The fourth-order valence-corrected chi connectivity index (χ4v) is 3.58. The number of oxime groups is 1. The van der Waals surface area contributed by atoms with Crippen LogP contribution in [0.25, 0.3) is 0 Å². The van der Waals surface area contributed by atoms with Gasteiger partial charge >= 0.3 is 0 Å². The third-order valence-corrected chi connectivity index (χ3v) is 4.55. The predicted molar refractivity (Wildman–Crippen MR) is 74.9 cm³/mol. The number of nitrogens with two attached hydrogens (primary N) is 1. The van der Waals surface area contributed by atoms with Crippen molar-refractivity contribution in [3.8, 4) is 0 Å². The Morgan fingerprint density at radius 1 is 1.50 bits per heavy atom. The van der Waals surface area contributed by atoms with Gasteiger partial charge in [-0.2, -0.15) is 11.8 Å². The van der Waals surface area contributed by atoms with Crippen LogP contribution in [-0.4, -0.2) is 21.8 Å². The molecule has 2 rings (SSSR count). The van der Waals surface area contributed by atoms with Crippen LogP contribution >= 0.6 is 11.8 Å². The van der Waals surface area contributed by atoms with Crippen molar-refractivity contribution in [2.75, 3.05) is 5.75 Å². The van der Waals surface area contributed by atoms with Crippen molar-refractivity contribution in [3.05, 3.63) is 29.6 Å². The lowest BCUT2D eigenvalue weighted by Gasteiger charge is -2.10. The highest BCUT2D eigenvalue weighted by Crippen LogP contribution is 2.29. The molecular formula is C13H19N3OS. The third-order valence-electron chi connectivity index (χ3n) is 3.33. The lowest BCUT2D eigenvalue weighted by molar-refractivity contribution is 0.318. The van der Waals surface area contributed by atoms with Crippen molar-refractivity contribution in [3.63, 3.8) is 0 Å². The zero-order chi connectivity index (χ0) is 12.8. The number of hydrogen-bond donors (Lipinski definition) is 2. The summed E-state index contributed by atoms with van der Waals surface area (Å²) in [5.41, 5.74) is 7.25. The van der Waals surface area contributed by atoms with Crippen molar-refractivity contribution < 1.29 is 5.21 Å². The maximum Gasteiger partial charge on any atom is 0.189 e. The molecule has 0 amide bonds.